The molecule has 0 spiro atoms. The van der Waals surface area contributed by atoms with Gasteiger partial charge in [0.2, 0.25) is 5.82 Å². The molecule has 0 heterocycles. The van der Waals surface area contributed by atoms with E-state index in [4.69, 9.17) is 9.84 Å². The van der Waals surface area contributed by atoms with Crippen LogP contribution >= 0.6 is 0 Å². The number of carboxylic acid groups (broad SMARTS) is 1. The Bertz CT molecular complexity index is 542. The second kappa shape index (κ2) is 6.38. The number of nitro groups is 1. The molecular weight excluding hydrogens is 283 g/mol. The van der Waals surface area contributed by atoms with Crippen LogP contribution in [0.15, 0.2) is 18.2 Å². The molecule has 21 heavy (non-hydrogen) atoms. The van der Waals surface area contributed by atoms with Crippen molar-refractivity contribution in [1.82, 2.24) is 4.90 Å². The topological polar surface area (TPSA) is 92.9 Å². The van der Waals surface area contributed by atoms with Crippen LogP contribution in [0.25, 0.3) is 0 Å². The number of hydrogen-bond donors (Lipinski definition) is 1. The Morgan fingerprint density at radius 2 is 2.10 bits per heavy atom. The summed E-state index contributed by atoms with van der Waals surface area (Å²) in [5.41, 5.74) is -1.39. The zero-order valence-corrected chi connectivity index (χ0v) is 12.0. The maximum absolute atomic E-state index is 13.4. The number of hydrogen-bond acceptors (Lipinski definition) is 4. The Hall–Kier alpha value is -2.38. The van der Waals surface area contributed by atoms with Gasteiger partial charge in [-0.15, -0.1) is 0 Å². The normalized spacial score (nSPS) is 11.0. The summed E-state index contributed by atoms with van der Waals surface area (Å²) in [4.78, 5) is 22.2. The molecule has 1 N–H and O–H groups in total. The van der Waals surface area contributed by atoms with E-state index < -0.39 is 28.1 Å². The van der Waals surface area contributed by atoms with E-state index in [-0.39, 0.29) is 18.9 Å². The van der Waals surface area contributed by atoms with Gasteiger partial charge in [0.15, 0.2) is 5.75 Å². The highest BCUT2D eigenvalue weighted by Gasteiger charge is 2.26. The standard InChI is InChI=1S/C13H17FN2O5/c1-13(2,3)15(12(17)18)7-8-21-10-6-4-5-9(14)11(10)16(19)20/h4-6H,7-8H2,1-3H3,(H,17,18). The highest BCUT2D eigenvalue weighted by Crippen LogP contribution is 2.29. The fourth-order valence-electron chi connectivity index (χ4n) is 1.75. The van der Waals surface area contributed by atoms with Gasteiger partial charge in [-0.25, -0.2) is 4.79 Å². The predicted molar refractivity (Wildman–Crippen MR) is 73.0 cm³/mol. The van der Waals surface area contributed by atoms with Crippen LogP contribution in [0.3, 0.4) is 0 Å². The first kappa shape index (κ1) is 16.7. The molecule has 0 aliphatic rings. The van der Waals surface area contributed by atoms with Gasteiger partial charge < -0.3 is 14.7 Å². The lowest BCUT2D eigenvalue weighted by Crippen LogP contribution is -2.46. The van der Waals surface area contributed by atoms with E-state index in [0.29, 0.717) is 0 Å². The zero-order chi connectivity index (χ0) is 16.2. The van der Waals surface area contributed by atoms with Gasteiger partial charge in [0.1, 0.15) is 6.61 Å². The predicted octanol–water partition coefficient (Wildman–Crippen LogP) is 2.89. The molecule has 0 saturated carbocycles. The number of nitro benzene ring substituents is 1. The third-order valence-corrected chi connectivity index (χ3v) is 2.75. The van der Waals surface area contributed by atoms with Crippen molar-refractivity contribution in [3.05, 3.63) is 34.1 Å². The fourth-order valence-corrected chi connectivity index (χ4v) is 1.75. The van der Waals surface area contributed by atoms with Crippen molar-refractivity contribution in [3.8, 4) is 5.75 Å². The first-order chi connectivity index (χ1) is 9.64. The average Bonchev–Trinajstić information content (AvgIpc) is 2.31. The first-order valence-electron chi connectivity index (χ1n) is 6.21. The van der Waals surface area contributed by atoms with Gasteiger partial charge in [-0.1, -0.05) is 6.07 Å². The minimum atomic E-state index is -1.13. The molecule has 1 aromatic rings. The van der Waals surface area contributed by atoms with Crippen molar-refractivity contribution in [2.24, 2.45) is 0 Å². The molecule has 0 bridgehead atoms. The van der Waals surface area contributed by atoms with Crippen LogP contribution < -0.4 is 4.74 Å². The minimum Gasteiger partial charge on any atom is -0.485 e. The maximum Gasteiger partial charge on any atom is 0.407 e. The molecule has 1 aromatic carbocycles. The summed E-state index contributed by atoms with van der Waals surface area (Å²) >= 11 is 0. The van der Waals surface area contributed by atoms with Gasteiger partial charge in [0.25, 0.3) is 0 Å². The molecule has 0 aliphatic carbocycles. The van der Waals surface area contributed by atoms with Gasteiger partial charge in [-0.05, 0) is 32.9 Å². The monoisotopic (exact) mass is 300 g/mol. The smallest absolute Gasteiger partial charge is 0.407 e. The van der Waals surface area contributed by atoms with Crippen LogP contribution in [-0.4, -0.2) is 39.7 Å². The Kier molecular flexibility index (Phi) is 5.07. The molecule has 0 unspecified atom stereocenters. The van der Waals surface area contributed by atoms with Crippen molar-refractivity contribution < 1.29 is 24.0 Å². The average molecular weight is 300 g/mol. The highest BCUT2D eigenvalue weighted by atomic mass is 19.1. The lowest BCUT2D eigenvalue weighted by Gasteiger charge is -2.32. The van der Waals surface area contributed by atoms with Gasteiger partial charge in [-0.3, -0.25) is 10.1 Å². The summed E-state index contributed by atoms with van der Waals surface area (Å²) < 4.78 is 18.5. The highest BCUT2D eigenvalue weighted by molar-refractivity contribution is 5.66. The molecule has 1 rings (SSSR count). The van der Waals surface area contributed by atoms with E-state index in [1.807, 2.05) is 0 Å². The Morgan fingerprint density at radius 1 is 1.48 bits per heavy atom. The number of ether oxygens (including phenoxy) is 1. The molecule has 7 nitrogen and oxygen atoms in total. The van der Waals surface area contributed by atoms with Crippen molar-refractivity contribution in [1.29, 1.82) is 0 Å². The number of halogens is 1. The maximum atomic E-state index is 13.4. The number of para-hydroxylation sites is 1. The summed E-state index contributed by atoms with van der Waals surface area (Å²) in [6.07, 6.45) is -1.13. The number of nitrogens with zero attached hydrogens (tertiary/aromatic N) is 2. The number of rotatable bonds is 5. The number of benzene rings is 1. The van der Waals surface area contributed by atoms with Crippen molar-refractivity contribution in [2.75, 3.05) is 13.2 Å². The van der Waals surface area contributed by atoms with Crippen LogP contribution in [0.2, 0.25) is 0 Å². The van der Waals surface area contributed by atoms with Crippen LogP contribution in [0.1, 0.15) is 20.8 Å². The van der Waals surface area contributed by atoms with E-state index >= 15 is 0 Å². The Balaban J connectivity index is 2.79. The summed E-state index contributed by atoms with van der Waals surface area (Å²) in [7, 11) is 0. The largest absolute Gasteiger partial charge is 0.485 e. The van der Waals surface area contributed by atoms with Crippen LogP contribution in [-0.2, 0) is 0 Å². The lowest BCUT2D eigenvalue weighted by molar-refractivity contribution is -0.388. The van der Waals surface area contributed by atoms with Gasteiger partial charge in [0, 0.05) is 5.54 Å². The molecule has 0 aromatic heterocycles. The third-order valence-electron chi connectivity index (χ3n) is 2.75. The summed E-state index contributed by atoms with van der Waals surface area (Å²) in [6.45, 7) is 5.03. The van der Waals surface area contributed by atoms with Crippen LogP contribution in [0.4, 0.5) is 14.9 Å². The fraction of sp³-hybridized carbons (Fsp3) is 0.462. The third kappa shape index (κ3) is 4.30. The van der Waals surface area contributed by atoms with E-state index in [9.17, 15) is 19.3 Å². The second-order valence-corrected chi connectivity index (χ2v) is 5.30. The molecule has 0 fully saturated rings. The second-order valence-electron chi connectivity index (χ2n) is 5.30. The lowest BCUT2D eigenvalue weighted by atomic mass is 10.1. The first-order valence-corrected chi connectivity index (χ1v) is 6.21. The Labute approximate surface area is 121 Å². The molecule has 8 heteroatoms. The van der Waals surface area contributed by atoms with Crippen LogP contribution in [0, 0.1) is 15.9 Å². The van der Waals surface area contributed by atoms with Gasteiger partial charge in [-0.2, -0.15) is 4.39 Å². The molecule has 1 amide bonds. The van der Waals surface area contributed by atoms with E-state index in [1.165, 1.54) is 12.1 Å². The quantitative estimate of drug-likeness (QED) is 0.666. The minimum absolute atomic E-state index is 0.00645. The zero-order valence-electron chi connectivity index (χ0n) is 12.0. The molecule has 0 aliphatic heterocycles. The van der Waals surface area contributed by atoms with Gasteiger partial charge >= 0.3 is 11.8 Å². The van der Waals surface area contributed by atoms with Crippen molar-refractivity contribution >= 4 is 11.8 Å². The van der Waals surface area contributed by atoms with E-state index in [1.54, 1.807) is 20.8 Å². The number of carbonyl (C=O) groups is 1. The van der Waals surface area contributed by atoms with E-state index in [0.717, 1.165) is 11.0 Å². The Morgan fingerprint density at radius 3 is 2.57 bits per heavy atom. The van der Waals surface area contributed by atoms with E-state index in [2.05, 4.69) is 0 Å². The summed E-state index contributed by atoms with van der Waals surface area (Å²) in [6, 6.07) is 3.52. The number of amides is 1. The van der Waals surface area contributed by atoms with Crippen molar-refractivity contribution in [2.45, 2.75) is 26.3 Å². The molecule has 0 atom stereocenters. The SMILES string of the molecule is CC(C)(C)N(CCOc1cccc(F)c1[N+](=O)[O-])C(=O)O. The molecule has 116 valence electrons. The van der Waals surface area contributed by atoms with Crippen LogP contribution in [0.5, 0.6) is 5.75 Å². The molecular formula is C13H17FN2O5. The van der Waals surface area contributed by atoms with Crippen molar-refractivity contribution in [3.63, 3.8) is 0 Å². The summed E-state index contributed by atoms with van der Waals surface area (Å²) in [5, 5.41) is 19.9. The molecule has 0 saturated heterocycles. The van der Waals surface area contributed by atoms with Gasteiger partial charge in [0.05, 0.1) is 11.5 Å². The molecule has 0 radical (unpaired) electrons. The summed E-state index contributed by atoms with van der Waals surface area (Å²) in [5.74, 6) is -1.22.